The van der Waals surface area contributed by atoms with Crippen LogP contribution in [0.25, 0.3) is 6.08 Å². The minimum Gasteiger partial charge on any atom is -0.370 e. The maximum atomic E-state index is 10.3. The largest absolute Gasteiger partial charge is 0.370 e. The molecule has 0 aliphatic heterocycles. The number of halogens is 1. The molecule has 1 radical (unpaired) electrons. The SMILES string of the molecule is C=C(CC)C(=O)ON.C[N]N(C)N(C)C=Cc1ccccc1.Cl. The maximum absolute atomic E-state index is 10.3. The highest BCUT2D eigenvalue weighted by molar-refractivity contribution is 5.87. The van der Waals surface area contributed by atoms with E-state index in [0.717, 1.165) is 0 Å². The van der Waals surface area contributed by atoms with Crippen LogP contribution >= 0.6 is 12.4 Å². The van der Waals surface area contributed by atoms with E-state index >= 15 is 0 Å². The molecule has 0 saturated heterocycles. The van der Waals surface area contributed by atoms with Gasteiger partial charge in [-0.2, -0.15) is 5.90 Å². The summed E-state index contributed by atoms with van der Waals surface area (Å²) in [6, 6.07) is 10.2. The molecular formula is C16H26ClN4O2. The quantitative estimate of drug-likeness (QED) is 0.635. The van der Waals surface area contributed by atoms with Crippen LogP contribution in [0.1, 0.15) is 18.9 Å². The summed E-state index contributed by atoms with van der Waals surface area (Å²) >= 11 is 0. The fourth-order valence-electron chi connectivity index (χ4n) is 1.22. The Kier molecular flexibility index (Phi) is 14.0. The average Bonchev–Trinajstić information content (AvgIpc) is 2.58. The predicted octanol–water partition coefficient (Wildman–Crippen LogP) is 2.38. The van der Waals surface area contributed by atoms with Crippen LogP contribution in [0.15, 0.2) is 48.7 Å². The van der Waals surface area contributed by atoms with Gasteiger partial charge in [-0.15, -0.1) is 23.0 Å². The molecule has 0 bridgehead atoms. The van der Waals surface area contributed by atoms with Crippen LogP contribution in [0.5, 0.6) is 0 Å². The lowest BCUT2D eigenvalue weighted by Crippen LogP contribution is -2.36. The van der Waals surface area contributed by atoms with Crippen molar-refractivity contribution in [3.8, 4) is 0 Å². The molecule has 0 saturated carbocycles. The third-order valence-electron chi connectivity index (χ3n) is 2.85. The normalized spacial score (nSPS) is 9.65. The fourth-order valence-corrected chi connectivity index (χ4v) is 1.22. The summed E-state index contributed by atoms with van der Waals surface area (Å²) in [6.07, 6.45) is 4.60. The smallest absolute Gasteiger partial charge is 0.351 e. The third kappa shape index (κ3) is 10.5. The Labute approximate surface area is 144 Å². The van der Waals surface area contributed by atoms with Gasteiger partial charge in [-0.05, 0) is 18.1 Å². The standard InChI is InChI=1S/C11H16N3.C5H9NO2.ClH/c1-12-14(3)13(2)10-9-11-7-5-4-6-8-11;1-3-4(2)5(7)8-6;/h4-10H,1-3H3;2-3,6H2,1H3;1H. The summed E-state index contributed by atoms with van der Waals surface area (Å²) in [5.74, 6) is 4.00. The Morgan fingerprint density at radius 1 is 1.35 bits per heavy atom. The number of hydrogen-bond donors (Lipinski definition) is 1. The molecule has 0 spiro atoms. The van der Waals surface area contributed by atoms with Crippen molar-refractivity contribution >= 4 is 24.5 Å². The maximum Gasteiger partial charge on any atom is 0.351 e. The topological polar surface area (TPSA) is 72.9 Å². The number of carbonyl (C=O) groups is 1. The summed E-state index contributed by atoms with van der Waals surface area (Å²) in [6.45, 7) is 5.19. The Balaban J connectivity index is 0. The van der Waals surface area contributed by atoms with Crippen LogP contribution < -0.4 is 11.3 Å². The van der Waals surface area contributed by atoms with E-state index in [9.17, 15) is 4.79 Å². The van der Waals surface area contributed by atoms with E-state index in [1.165, 1.54) is 5.56 Å². The molecule has 0 aliphatic rings. The summed E-state index contributed by atoms with van der Waals surface area (Å²) < 4.78 is 0. The number of rotatable bonds is 6. The number of hydrogen-bond acceptors (Lipinski definition) is 5. The first-order valence-electron chi connectivity index (χ1n) is 6.84. The van der Waals surface area contributed by atoms with Crippen molar-refractivity contribution in [1.29, 1.82) is 0 Å². The number of nitrogens with two attached hydrogens (primary N) is 1. The predicted molar refractivity (Wildman–Crippen MR) is 96.0 cm³/mol. The Bertz CT molecular complexity index is 466. The van der Waals surface area contributed by atoms with Crippen LogP contribution in [-0.4, -0.2) is 37.2 Å². The molecule has 7 heteroatoms. The molecule has 0 amide bonds. The van der Waals surface area contributed by atoms with Gasteiger partial charge in [0.15, 0.2) is 0 Å². The van der Waals surface area contributed by atoms with Gasteiger partial charge in [-0.25, -0.2) is 4.79 Å². The minimum atomic E-state index is -0.535. The molecule has 6 nitrogen and oxygen atoms in total. The van der Waals surface area contributed by atoms with Crippen LogP contribution in [0, 0.1) is 0 Å². The van der Waals surface area contributed by atoms with Gasteiger partial charge in [0.1, 0.15) is 0 Å². The number of benzene rings is 1. The highest BCUT2D eigenvalue weighted by atomic mass is 35.5. The van der Waals surface area contributed by atoms with Gasteiger partial charge in [0.2, 0.25) is 0 Å². The highest BCUT2D eigenvalue weighted by Crippen LogP contribution is 2.02. The van der Waals surface area contributed by atoms with E-state index in [4.69, 9.17) is 0 Å². The van der Waals surface area contributed by atoms with Crippen molar-refractivity contribution in [3.05, 3.63) is 54.2 Å². The van der Waals surface area contributed by atoms with Gasteiger partial charge in [0.05, 0.1) is 0 Å². The molecule has 1 aromatic rings. The lowest BCUT2D eigenvalue weighted by Gasteiger charge is -2.23. The van der Waals surface area contributed by atoms with Gasteiger partial charge in [-0.3, -0.25) is 0 Å². The second-order valence-electron chi connectivity index (χ2n) is 4.35. The number of carbonyl (C=O) groups excluding carboxylic acids is 1. The van der Waals surface area contributed by atoms with Crippen molar-refractivity contribution in [1.82, 2.24) is 15.6 Å². The first-order chi connectivity index (χ1) is 10.5. The van der Waals surface area contributed by atoms with Gasteiger partial charge < -0.3 is 9.85 Å². The van der Waals surface area contributed by atoms with E-state index < -0.39 is 5.97 Å². The monoisotopic (exact) mass is 341 g/mol. The molecule has 1 rings (SSSR count). The first kappa shape index (κ1) is 23.4. The van der Waals surface area contributed by atoms with Gasteiger partial charge in [-0.1, -0.05) is 43.8 Å². The molecule has 2 N–H and O–H groups in total. The Morgan fingerprint density at radius 3 is 2.30 bits per heavy atom. The molecule has 0 atom stereocenters. The molecule has 23 heavy (non-hydrogen) atoms. The van der Waals surface area contributed by atoms with E-state index in [0.29, 0.717) is 12.0 Å². The van der Waals surface area contributed by atoms with E-state index in [1.54, 1.807) is 19.1 Å². The lowest BCUT2D eigenvalue weighted by molar-refractivity contribution is -0.139. The van der Waals surface area contributed by atoms with Gasteiger partial charge in [0.25, 0.3) is 0 Å². The van der Waals surface area contributed by atoms with E-state index in [2.05, 4.69) is 34.9 Å². The summed E-state index contributed by atoms with van der Waals surface area (Å²) in [7, 11) is 5.61. The second kappa shape index (κ2) is 13.8. The van der Waals surface area contributed by atoms with Crippen molar-refractivity contribution in [2.75, 3.05) is 21.1 Å². The zero-order chi connectivity index (χ0) is 17.0. The van der Waals surface area contributed by atoms with Crippen LogP contribution in [0.2, 0.25) is 0 Å². The van der Waals surface area contributed by atoms with Gasteiger partial charge >= 0.3 is 5.97 Å². The lowest BCUT2D eigenvalue weighted by atomic mass is 10.2. The molecule has 0 heterocycles. The van der Waals surface area contributed by atoms with Crippen LogP contribution in [-0.2, 0) is 9.63 Å². The number of hydrazine groups is 1. The molecule has 0 unspecified atom stereocenters. The molecule has 1 aromatic carbocycles. The summed E-state index contributed by atoms with van der Waals surface area (Å²) in [5.41, 5.74) is 5.59. The van der Waals surface area contributed by atoms with Crippen LogP contribution in [0.3, 0.4) is 0 Å². The van der Waals surface area contributed by atoms with Gasteiger partial charge in [0, 0.05) is 32.9 Å². The zero-order valence-corrected chi connectivity index (χ0v) is 14.9. The van der Waals surface area contributed by atoms with Crippen LogP contribution in [0.4, 0.5) is 0 Å². The Hall–Kier alpha value is -1.86. The molecular weight excluding hydrogens is 316 g/mol. The van der Waals surface area contributed by atoms with E-state index in [1.807, 2.05) is 49.6 Å². The third-order valence-corrected chi connectivity index (χ3v) is 2.85. The zero-order valence-electron chi connectivity index (χ0n) is 14.1. The van der Waals surface area contributed by atoms with E-state index in [-0.39, 0.29) is 12.4 Å². The molecule has 0 aliphatic carbocycles. The molecule has 129 valence electrons. The first-order valence-corrected chi connectivity index (χ1v) is 6.84. The second-order valence-corrected chi connectivity index (χ2v) is 4.35. The average molecular weight is 342 g/mol. The highest BCUT2D eigenvalue weighted by Gasteiger charge is 2.01. The molecule has 0 aromatic heterocycles. The van der Waals surface area contributed by atoms with Crippen molar-refractivity contribution in [2.45, 2.75) is 13.3 Å². The van der Waals surface area contributed by atoms with Crippen molar-refractivity contribution in [2.24, 2.45) is 5.90 Å². The number of nitrogens with zero attached hydrogens (tertiary/aromatic N) is 3. The minimum absolute atomic E-state index is 0. The summed E-state index contributed by atoms with van der Waals surface area (Å²) in [4.78, 5) is 14.2. The molecule has 0 fully saturated rings. The fraction of sp³-hybridized carbons (Fsp3) is 0.312. The van der Waals surface area contributed by atoms with Crippen molar-refractivity contribution in [3.63, 3.8) is 0 Å². The Morgan fingerprint density at radius 2 is 1.91 bits per heavy atom. The van der Waals surface area contributed by atoms with Crippen molar-refractivity contribution < 1.29 is 9.63 Å². The summed E-state index contributed by atoms with van der Waals surface area (Å²) in [5, 5.41) is 3.67.